The van der Waals surface area contributed by atoms with E-state index in [2.05, 4.69) is 23.3 Å². The summed E-state index contributed by atoms with van der Waals surface area (Å²) in [6, 6.07) is 15.0. The highest BCUT2D eigenvalue weighted by atomic mass is 32.1. The summed E-state index contributed by atoms with van der Waals surface area (Å²) in [4.78, 5) is 27.5. The summed E-state index contributed by atoms with van der Waals surface area (Å²) >= 11 is 1.20. The van der Waals surface area contributed by atoms with Crippen LogP contribution in [0.25, 0.3) is 27.8 Å². The molecule has 2 aromatic heterocycles. The third-order valence-corrected chi connectivity index (χ3v) is 5.92. The zero-order valence-electron chi connectivity index (χ0n) is 18.7. The SMILES string of the molecule is CCCCOc1cccc(N/C=C(\C#N)c2nc(-c3cc4cc([N+](=O)[O-])ccc4oc3=O)cs2)c1. The lowest BCUT2D eigenvalue weighted by molar-refractivity contribution is -0.384. The van der Waals surface area contributed by atoms with Gasteiger partial charge in [-0.1, -0.05) is 19.4 Å². The number of anilines is 1. The highest BCUT2D eigenvalue weighted by Crippen LogP contribution is 2.28. The quantitative estimate of drug-likeness (QED) is 0.100. The van der Waals surface area contributed by atoms with E-state index in [0.29, 0.717) is 22.7 Å². The zero-order chi connectivity index (χ0) is 24.8. The maximum atomic E-state index is 12.5. The van der Waals surface area contributed by atoms with Gasteiger partial charge in [-0.3, -0.25) is 10.1 Å². The molecule has 0 radical (unpaired) electrons. The Hall–Kier alpha value is -4.49. The lowest BCUT2D eigenvalue weighted by atomic mass is 10.1. The number of fused-ring (bicyclic) bond motifs is 1. The fourth-order valence-electron chi connectivity index (χ4n) is 3.23. The largest absolute Gasteiger partial charge is 0.494 e. The van der Waals surface area contributed by atoms with E-state index in [0.717, 1.165) is 24.3 Å². The molecule has 0 aliphatic heterocycles. The summed E-state index contributed by atoms with van der Waals surface area (Å²) < 4.78 is 11.0. The van der Waals surface area contributed by atoms with E-state index in [4.69, 9.17) is 9.15 Å². The van der Waals surface area contributed by atoms with Crippen LogP contribution < -0.4 is 15.7 Å². The predicted molar refractivity (Wildman–Crippen MR) is 134 cm³/mol. The average Bonchev–Trinajstić information content (AvgIpc) is 3.34. The van der Waals surface area contributed by atoms with Crippen LogP contribution in [0.15, 0.2) is 69.3 Å². The van der Waals surface area contributed by atoms with Gasteiger partial charge in [-0.15, -0.1) is 11.3 Å². The first-order valence-electron chi connectivity index (χ1n) is 10.8. The van der Waals surface area contributed by atoms with Gasteiger partial charge in [0.2, 0.25) is 0 Å². The number of benzene rings is 2. The van der Waals surface area contributed by atoms with Crippen molar-refractivity contribution in [1.29, 1.82) is 5.26 Å². The number of hydrogen-bond acceptors (Lipinski definition) is 9. The molecule has 0 aliphatic carbocycles. The Balaban J connectivity index is 1.58. The van der Waals surface area contributed by atoms with Crippen molar-refractivity contribution in [3.63, 3.8) is 0 Å². The zero-order valence-corrected chi connectivity index (χ0v) is 19.5. The minimum Gasteiger partial charge on any atom is -0.494 e. The van der Waals surface area contributed by atoms with Crippen molar-refractivity contribution in [2.75, 3.05) is 11.9 Å². The summed E-state index contributed by atoms with van der Waals surface area (Å²) in [5, 5.41) is 26.3. The van der Waals surface area contributed by atoms with Gasteiger partial charge >= 0.3 is 5.63 Å². The van der Waals surface area contributed by atoms with E-state index in [-0.39, 0.29) is 22.4 Å². The van der Waals surface area contributed by atoms with Crippen molar-refractivity contribution in [1.82, 2.24) is 4.98 Å². The number of aromatic nitrogens is 1. The van der Waals surface area contributed by atoms with Crippen molar-refractivity contribution >= 4 is 39.3 Å². The number of nitro groups is 1. The van der Waals surface area contributed by atoms with Crippen LogP contribution in [0.2, 0.25) is 0 Å². The molecule has 2 aromatic carbocycles. The molecular formula is C25H20N4O5S. The normalized spacial score (nSPS) is 11.3. The van der Waals surface area contributed by atoms with Crippen LogP contribution in [0.1, 0.15) is 24.8 Å². The van der Waals surface area contributed by atoms with Gasteiger partial charge in [0.1, 0.15) is 28.0 Å². The molecule has 0 atom stereocenters. The van der Waals surface area contributed by atoms with E-state index >= 15 is 0 Å². The molecule has 0 unspecified atom stereocenters. The number of non-ortho nitro benzene ring substituents is 1. The van der Waals surface area contributed by atoms with Gasteiger partial charge in [0.05, 0.1) is 22.8 Å². The summed E-state index contributed by atoms with van der Waals surface area (Å²) in [5.41, 5.74) is 1.00. The highest BCUT2D eigenvalue weighted by molar-refractivity contribution is 7.11. The smallest absolute Gasteiger partial charge is 0.345 e. The molecule has 1 N–H and O–H groups in total. The molecule has 0 spiro atoms. The Morgan fingerprint density at radius 3 is 2.94 bits per heavy atom. The third-order valence-electron chi connectivity index (χ3n) is 5.04. The van der Waals surface area contributed by atoms with Crippen LogP contribution in [-0.2, 0) is 0 Å². The Kier molecular flexibility index (Phi) is 7.18. The second-order valence-electron chi connectivity index (χ2n) is 7.51. The van der Waals surface area contributed by atoms with Crippen LogP contribution in [0.4, 0.5) is 11.4 Å². The maximum absolute atomic E-state index is 12.5. The number of allylic oxidation sites excluding steroid dienone is 1. The number of rotatable bonds is 9. The number of thiazole rings is 1. The first kappa shape index (κ1) is 23.7. The summed E-state index contributed by atoms with van der Waals surface area (Å²) in [7, 11) is 0. The molecule has 9 nitrogen and oxygen atoms in total. The Morgan fingerprint density at radius 1 is 1.31 bits per heavy atom. The van der Waals surface area contributed by atoms with Crippen molar-refractivity contribution < 1.29 is 14.1 Å². The van der Waals surface area contributed by atoms with E-state index < -0.39 is 10.5 Å². The van der Waals surface area contributed by atoms with Gasteiger partial charge in [0.15, 0.2) is 0 Å². The topological polar surface area (TPSA) is 131 Å². The number of nitrogens with one attached hydrogen (secondary N) is 1. The van der Waals surface area contributed by atoms with E-state index in [1.165, 1.54) is 35.6 Å². The Bertz CT molecular complexity index is 1520. The average molecular weight is 489 g/mol. The first-order valence-corrected chi connectivity index (χ1v) is 11.6. The van der Waals surface area contributed by atoms with Crippen molar-refractivity contribution in [2.45, 2.75) is 19.8 Å². The van der Waals surface area contributed by atoms with Gasteiger partial charge in [-0.2, -0.15) is 5.26 Å². The standard InChI is InChI=1S/C25H20N4O5S/c1-2-3-9-33-20-6-4-5-18(12-20)27-14-17(13-26)24-28-22(15-35-24)21-11-16-10-19(29(31)32)7-8-23(16)34-25(21)30/h4-8,10-12,14-15,27H,2-3,9H2,1H3/b17-14+. The van der Waals surface area contributed by atoms with E-state index in [9.17, 15) is 20.2 Å². The van der Waals surface area contributed by atoms with Gasteiger partial charge in [0, 0.05) is 40.9 Å². The molecule has 0 saturated carbocycles. The minimum atomic E-state index is -0.622. The maximum Gasteiger partial charge on any atom is 0.345 e. The third kappa shape index (κ3) is 5.54. The van der Waals surface area contributed by atoms with Crippen LogP contribution in [0, 0.1) is 21.4 Å². The molecule has 0 amide bonds. The first-order chi connectivity index (χ1) is 17.0. The van der Waals surface area contributed by atoms with Crippen LogP contribution >= 0.6 is 11.3 Å². The Morgan fingerprint density at radius 2 is 2.17 bits per heavy atom. The fraction of sp³-hybridized carbons (Fsp3) is 0.160. The predicted octanol–water partition coefficient (Wildman–Crippen LogP) is 5.98. The number of nitriles is 1. The molecule has 4 rings (SSSR count). The van der Waals surface area contributed by atoms with Crippen LogP contribution in [0.5, 0.6) is 5.75 Å². The number of nitro benzene ring substituents is 1. The van der Waals surface area contributed by atoms with Gasteiger partial charge < -0.3 is 14.5 Å². The lowest BCUT2D eigenvalue weighted by Crippen LogP contribution is -2.03. The molecule has 35 heavy (non-hydrogen) atoms. The molecule has 0 saturated heterocycles. The molecule has 0 fully saturated rings. The monoisotopic (exact) mass is 488 g/mol. The molecule has 0 bridgehead atoms. The summed E-state index contributed by atoms with van der Waals surface area (Å²) in [5.74, 6) is 0.732. The molecule has 176 valence electrons. The van der Waals surface area contributed by atoms with E-state index in [1.807, 2.05) is 24.3 Å². The number of nitrogens with zero attached hydrogens (tertiary/aromatic N) is 3. The second kappa shape index (κ2) is 10.6. The van der Waals surface area contributed by atoms with Crippen LogP contribution in [0.3, 0.4) is 0 Å². The highest BCUT2D eigenvalue weighted by Gasteiger charge is 2.15. The molecular weight excluding hydrogens is 468 g/mol. The molecule has 10 heteroatoms. The van der Waals surface area contributed by atoms with Gasteiger partial charge in [-0.25, -0.2) is 9.78 Å². The van der Waals surface area contributed by atoms with Crippen molar-refractivity contribution in [3.05, 3.63) is 85.7 Å². The van der Waals surface area contributed by atoms with Crippen molar-refractivity contribution in [2.24, 2.45) is 0 Å². The summed E-state index contributed by atoms with van der Waals surface area (Å²) in [6.45, 7) is 2.73. The van der Waals surface area contributed by atoms with Crippen LogP contribution in [-0.4, -0.2) is 16.5 Å². The summed E-state index contributed by atoms with van der Waals surface area (Å²) in [6.07, 6.45) is 3.55. The molecule has 0 aliphatic rings. The fourth-order valence-corrected chi connectivity index (χ4v) is 4.02. The van der Waals surface area contributed by atoms with Crippen molar-refractivity contribution in [3.8, 4) is 23.1 Å². The van der Waals surface area contributed by atoms with E-state index in [1.54, 1.807) is 11.6 Å². The van der Waals surface area contributed by atoms with Gasteiger partial charge in [-0.05, 0) is 30.7 Å². The number of unbranched alkanes of at least 4 members (excludes halogenated alkanes) is 1. The molecule has 2 heterocycles. The molecule has 4 aromatic rings. The lowest BCUT2D eigenvalue weighted by Gasteiger charge is -2.07. The van der Waals surface area contributed by atoms with Gasteiger partial charge in [0.25, 0.3) is 5.69 Å². The number of ether oxygens (including phenoxy) is 1. The number of hydrogen-bond donors (Lipinski definition) is 1. The minimum absolute atomic E-state index is 0.114. The second-order valence-corrected chi connectivity index (χ2v) is 8.37. The Labute approximate surface area is 204 Å².